The number of amidine groups is 1. The Hall–Kier alpha value is -2.37. The van der Waals surface area contributed by atoms with Gasteiger partial charge < -0.3 is 4.90 Å². The third kappa shape index (κ3) is 1.93. The van der Waals surface area contributed by atoms with Crippen molar-refractivity contribution in [3.63, 3.8) is 0 Å². The monoisotopic (exact) mass is 274 g/mol. The predicted molar refractivity (Wildman–Crippen MR) is 74.1 cm³/mol. The summed E-state index contributed by atoms with van der Waals surface area (Å²) >= 11 is 0. The van der Waals surface area contributed by atoms with Gasteiger partial charge in [-0.3, -0.25) is 15.1 Å². The topological polar surface area (TPSA) is 47.9 Å². The van der Waals surface area contributed by atoms with Crippen molar-refractivity contribution in [3.05, 3.63) is 42.5 Å². The highest BCUT2D eigenvalue weighted by Gasteiger charge is 2.38. The average Bonchev–Trinajstić information content (AvgIpc) is 2.84. The van der Waals surface area contributed by atoms with E-state index >= 15 is 0 Å². The highest BCUT2D eigenvalue weighted by atomic mass is 19.1. The van der Waals surface area contributed by atoms with Gasteiger partial charge in [0.1, 0.15) is 11.7 Å². The molecule has 1 N–H and O–H groups in total. The zero-order chi connectivity index (χ0) is 14.3. The molecule has 0 saturated heterocycles. The molecule has 1 atom stereocenters. The van der Waals surface area contributed by atoms with Gasteiger partial charge in [0.2, 0.25) is 6.17 Å². The van der Waals surface area contributed by atoms with Gasteiger partial charge in [-0.25, -0.2) is 4.39 Å². The van der Waals surface area contributed by atoms with E-state index in [1.807, 2.05) is 18.7 Å². The van der Waals surface area contributed by atoms with Crippen LogP contribution < -0.4 is 10.3 Å². The fraction of sp³-hybridized carbons (Fsp3) is 0.286. The van der Waals surface area contributed by atoms with Crippen LogP contribution in [-0.4, -0.2) is 22.8 Å². The predicted octanol–water partition coefficient (Wildman–Crippen LogP) is 1.84. The summed E-state index contributed by atoms with van der Waals surface area (Å²) in [5.74, 6) is 0.478. The molecule has 0 fully saturated rings. The third-order valence-electron chi connectivity index (χ3n) is 3.29. The maximum absolute atomic E-state index is 13.3. The van der Waals surface area contributed by atoms with Crippen molar-refractivity contribution in [2.24, 2.45) is 11.0 Å². The van der Waals surface area contributed by atoms with Crippen molar-refractivity contribution < 1.29 is 9.18 Å². The van der Waals surface area contributed by atoms with Crippen molar-refractivity contribution in [2.75, 3.05) is 4.90 Å². The minimum Gasteiger partial charge on any atom is -0.303 e. The lowest BCUT2D eigenvalue weighted by molar-refractivity contribution is -0.122. The molecule has 5 nitrogen and oxygen atoms in total. The second-order valence-electron chi connectivity index (χ2n) is 5.05. The Balaban J connectivity index is 1.91. The van der Waals surface area contributed by atoms with Crippen molar-refractivity contribution >= 4 is 17.4 Å². The second kappa shape index (κ2) is 4.63. The minimum atomic E-state index is -0.555. The maximum Gasteiger partial charge on any atom is 0.276 e. The summed E-state index contributed by atoms with van der Waals surface area (Å²) in [6.45, 7) is 4.03. The Morgan fingerprint density at radius 3 is 2.85 bits per heavy atom. The van der Waals surface area contributed by atoms with Crippen LogP contribution in [0.2, 0.25) is 0 Å². The summed E-state index contributed by atoms with van der Waals surface area (Å²) in [7, 11) is 0. The number of fused-ring (bicyclic) bond motifs is 1. The zero-order valence-corrected chi connectivity index (χ0v) is 11.2. The number of carbonyl (C=O) groups is 1. The summed E-state index contributed by atoms with van der Waals surface area (Å²) in [5.41, 5.74) is 3.34. The van der Waals surface area contributed by atoms with Crippen LogP contribution in [0.15, 0.2) is 41.8 Å². The molecule has 0 aromatic heterocycles. The second-order valence-corrected chi connectivity index (χ2v) is 5.05. The number of anilines is 1. The molecule has 3 rings (SSSR count). The Morgan fingerprint density at radius 1 is 1.35 bits per heavy atom. The first-order valence-corrected chi connectivity index (χ1v) is 6.46. The average molecular weight is 274 g/mol. The van der Waals surface area contributed by atoms with Crippen molar-refractivity contribution in [3.8, 4) is 0 Å². The smallest absolute Gasteiger partial charge is 0.276 e. The molecular formula is C14H15FN4O. The first-order chi connectivity index (χ1) is 9.58. The van der Waals surface area contributed by atoms with Crippen LogP contribution in [-0.2, 0) is 4.79 Å². The van der Waals surface area contributed by atoms with Crippen LogP contribution in [0.5, 0.6) is 0 Å². The van der Waals surface area contributed by atoms with Crippen LogP contribution in [0.3, 0.4) is 0 Å². The number of rotatable bonds is 2. The molecule has 1 aromatic carbocycles. The number of halogens is 1. The van der Waals surface area contributed by atoms with Crippen molar-refractivity contribution in [1.82, 2.24) is 10.3 Å². The molecule has 20 heavy (non-hydrogen) atoms. The van der Waals surface area contributed by atoms with Crippen molar-refractivity contribution in [2.45, 2.75) is 20.0 Å². The Morgan fingerprint density at radius 2 is 2.15 bits per heavy atom. The highest BCUT2D eigenvalue weighted by molar-refractivity contribution is 6.03. The van der Waals surface area contributed by atoms with Gasteiger partial charge in [0, 0.05) is 18.3 Å². The van der Waals surface area contributed by atoms with Gasteiger partial charge in [-0.05, 0) is 18.2 Å². The maximum atomic E-state index is 13.3. The molecule has 0 bridgehead atoms. The van der Waals surface area contributed by atoms with E-state index in [0.717, 1.165) is 5.84 Å². The molecule has 2 heterocycles. The Bertz CT molecular complexity index is 611. The third-order valence-corrected chi connectivity index (χ3v) is 3.29. The summed E-state index contributed by atoms with van der Waals surface area (Å²) in [6, 6.07) is 5.95. The molecule has 6 heteroatoms. The highest BCUT2D eigenvalue weighted by Crippen LogP contribution is 2.24. The molecule has 0 saturated carbocycles. The zero-order valence-electron chi connectivity index (χ0n) is 11.2. The van der Waals surface area contributed by atoms with Gasteiger partial charge in [-0.1, -0.05) is 19.9 Å². The first-order valence-electron chi connectivity index (χ1n) is 6.46. The van der Waals surface area contributed by atoms with E-state index in [-0.39, 0.29) is 17.6 Å². The number of hydrazone groups is 1. The number of hydrogen-bond donors (Lipinski definition) is 1. The van der Waals surface area contributed by atoms with Gasteiger partial charge >= 0.3 is 0 Å². The molecule has 1 unspecified atom stereocenters. The van der Waals surface area contributed by atoms with Crippen LogP contribution in [0.4, 0.5) is 10.1 Å². The number of nitrogens with one attached hydrogen (secondary N) is 1. The van der Waals surface area contributed by atoms with Crippen LogP contribution in [0, 0.1) is 11.7 Å². The normalized spacial score (nSPS) is 21.1. The summed E-state index contributed by atoms with van der Waals surface area (Å²) in [6.07, 6.45) is 2.87. The molecule has 1 amide bonds. The molecule has 2 aliphatic heterocycles. The number of carbonyl (C=O) groups excluding carboxylic acids is 1. The molecular weight excluding hydrogens is 259 g/mol. The van der Waals surface area contributed by atoms with Gasteiger partial charge in [0.05, 0.1) is 5.69 Å². The van der Waals surface area contributed by atoms with Gasteiger partial charge in [-0.2, -0.15) is 5.10 Å². The van der Waals surface area contributed by atoms with Gasteiger partial charge in [-0.15, -0.1) is 0 Å². The van der Waals surface area contributed by atoms with E-state index in [4.69, 9.17) is 0 Å². The fourth-order valence-corrected chi connectivity index (χ4v) is 2.33. The fourth-order valence-electron chi connectivity index (χ4n) is 2.33. The van der Waals surface area contributed by atoms with E-state index in [2.05, 4.69) is 10.5 Å². The number of hydrogen-bond acceptors (Lipinski definition) is 4. The lowest BCUT2D eigenvalue weighted by atomic mass is 10.1. The summed E-state index contributed by atoms with van der Waals surface area (Å²) in [5, 5.41) is 4.20. The largest absolute Gasteiger partial charge is 0.303 e. The summed E-state index contributed by atoms with van der Waals surface area (Å²) in [4.78, 5) is 15.7. The molecule has 2 aliphatic rings. The van der Waals surface area contributed by atoms with E-state index < -0.39 is 6.17 Å². The number of nitrogens with zero attached hydrogens (tertiary/aromatic N) is 3. The molecule has 0 spiro atoms. The van der Waals surface area contributed by atoms with E-state index in [1.54, 1.807) is 24.5 Å². The SMILES string of the molecule is CC(C)C1=NNC2C(=O)N(c3cccc(F)c3)C=CN12. The van der Waals surface area contributed by atoms with E-state index in [9.17, 15) is 9.18 Å². The van der Waals surface area contributed by atoms with Crippen LogP contribution >= 0.6 is 0 Å². The lowest BCUT2D eigenvalue weighted by Crippen LogP contribution is -2.52. The minimum absolute atomic E-state index is 0.183. The van der Waals surface area contributed by atoms with Crippen LogP contribution in [0.25, 0.3) is 0 Å². The van der Waals surface area contributed by atoms with Gasteiger partial charge in [0.25, 0.3) is 5.91 Å². The van der Waals surface area contributed by atoms with E-state index in [0.29, 0.717) is 5.69 Å². The number of benzene rings is 1. The molecule has 0 aliphatic carbocycles. The Kier molecular flexibility index (Phi) is 2.93. The first kappa shape index (κ1) is 12.7. The number of amides is 1. The van der Waals surface area contributed by atoms with Crippen molar-refractivity contribution in [1.29, 1.82) is 0 Å². The summed E-state index contributed by atoms with van der Waals surface area (Å²) < 4.78 is 13.3. The lowest BCUT2D eigenvalue weighted by Gasteiger charge is -2.32. The standard InChI is InChI=1S/C14H15FN4O/c1-9(2)12-16-17-13-14(20)18(6-7-19(12)13)11-5-3-4-10(15)8-11/h3-9,13,17H,1-2H3. The molecule has 104 valence electrons. The van der Waals surface area contributed by atoms with Crippen LogP contribution in [0.1, 0.15) is 13.8 Å². The van der Waals surface area contributed by atoms with Gasteiger partial charge in [0.15, 0.2) is 0 Å². The quantitative estimate of drug-likeness (QED) is 0.895. The Labute approximate surface area is 116 Å². The molecule has 0 radical (unpaired) electrons. The van der Waals surface area contributed by atoms with E-state index in [1.165, 1.54) is 17.0 Å². The molecule has 1 aromatic rings.